The van der Waals surface area contributed by atoms with Crippen molar-refractivity contribution in [2.45, 2.75) is 26.7 Å². The third kappa shape index (κ3) is 1.12. The van der Waals surface area contributed by atoms with Gasteiger partial charge in [-0.1, -0.05) is 18.6 Å². The van der Waals surface area contributed by atoms with Crippen LogP contribution in [0.25, 0.3) is 0 Å². The smallest absolute Gasteiger partial charge is 0.0168 e. The van der Waals surface area contributed by atoms with E-state index in [0.717, 1.165) is 5.92 Å². The van der Waals surface area contributed by atoms with Crippen molar-refractivity contribution < 1.29 is 0 Å². The molecular weight excluding hydrogens is 96.1 g/mol. The highest BCUT2D eigenvalue weighted by Crippen LogP contribution is 2.22. The molecule has 8 heavy (non-hydrogen) atoms. The molecule has 0 heteroatoms. The molecule has 0 aliphatic heterocycles. The van der Waals surface area contributed by atoms with Crippen LogP contribution in [0.15, 0.2) is 11.6 Å². The lowest BCUT2D eigenvalue weighted by Gasteiger charge is -2.15. The first-order chi connectivity index (χ1) is 3.80. The summed E-state index contributed by atoms with van der Waals surface area (Å²) in [5.74, 6) is 0.833. The van der Waals surface area contributed by atoms with Crippen molar-refractivity contribution in [1.29, 1.82) is 0 Å². The zero-order chi connectivity index (χ0) is 5.98. The van der Waals surface area contributed by atoms with Gasteiger partial charge in [0, 0.05) is 0 Å². The van der Waals surface area contributed by atoms with Crippen LogP contribution in [0.4, 0.5) is 0 Å². The van der Waals surface area contributed by atoms with Crippen LogP contribution < -0.4 is 0 Å². The standard InChI is InChI=1S/C8H13/c1-7-5-3-4-6-8(7)2/h3,5,8H,4,6H2,1-2H3. The van der Waals surface area contributed by atoms with Gasteiger partial charge in [0.05, 0.1) is 0 Å². The van der Waals surface area contributed by atoms with Gasteiger partial charge in [0.25, 0.3) is 0 Å². The van der Waals surface area contributed by atoms with Gasteiger partial charge in [0.1, 0.15) is 0 Å². The van der Waals surface area contributed by atoms with Gasteiger partial charge in [-0.2, -0.15) is 0 Å². The Labute approximate surface area is 51.6 Å². The maximum atomic E-state index is 2.29. The van der Waals surface area contributed by atoms with Crippen LogP contribution in [-0.4, -0.2) is 0 Å². The lowest BCUT2D eigenvalue weighted by Crippen LogP contribution is -2.00. The lowest BCUT2D eigenvalue weighted by molar-refractivity contribution is 0.592. The quantitative estimate of drug-likeness (QED) is 0.448. The number of hydrogen-bond acceptors (Lipinski definition) is 0. The van der Waals surface area contributed by atoms with Gasteiger partial charge in [0.15, 0.2) is 0 Å². The summed E-state index contributed by atoms with van der Waals surface area (Å²) in [5.41, 5.74) is 1.54. The third-order valence-corrected chi connectivity index (χ3v) is 1.92. The van der Waals surface area contributed by atoms with Crippen LogP contribution in [-0.2, 0) is 0 Å². The first-order valence-electron chi connectivity index (χ1n) is 3.30. The highest BCUT2D eigenvalue weighted by molar-refractivity contribution is 5.12. The molecule has 1 rings (SSSR count). The van der Waals surface area contributed by atoms with E-state index in [1.807, 2.05) is 0 Å². The molecule has 1 radical (unpaired) electrons. The molecule has 45 valence electrons. The molecule has 0 spiro atoms. The van der Waals surface area contributed by atoms with Crippen LogP contribution in [0.3, 0.4) is 0 Å². The van der Waals surface area contributed by atoms with Crippen LogP contribution in [0.1, 0.15) is 26.7 Å². The fraction of sp³-hybridized carbons (Fsp3) is 0.625. The largest absolute Gasteiger partial charge is 0.0816 e. The van der Waals surface area contributed by atoms with Crippen molar-refractivity contribution in [3.05, 3.63) is 18.1 Å². The molecule has 0 aromatic heterocycles. The summed E-state index contributed by atoms with van der Waals surface area (Å²) in [4.78, 5) is 0. The van der Waals surface area contributed by atoms with Gasteiger partial charge >= 0.3 is 0 Å². The average molecular weight is 109 g/mol. The first kappa shape index (κ1) is 5.87. The summed E-state index contributed by atoms with van der Waals surface area (Å²) in [6, 6.07) is 0. The van der Waals surface area contributed by atoms with Gasteiger partial charge in [0.2, 0.25) is 0 Å². The molecule has 1 unspecified atom stereocenters. The van der Waals surface area contributed by atoms with E-state index in [4.69, 9.17) is 0 Å². The molecule has 0 N–H and O–H groups in total. The Bertz CT molecular complexity index is 101. The molecule has 0 heterocycles. The van der Waals surface area contributed by atoms with Gasteiger partial charge in [-0.15, -0.1) is 0 Å². The first-order valence-corrected chi connectivity index (χ1v) is 3.30. The Balaban J connectivity index is 2.53. The van der Waals surface area contributed by atoms with E-state index in [1.54, 1.807) is 0 Å². The Morgan fingerprint density at radius 3 is 2.75 bits per heavy atom. The van der Waals surface area contributed by atoms with Crippen molar-refractivity contribution in [2.24, 2.45) is 5.92 Å². The molecule has 1 aliphatic rings. The molecule has 0 fully saturated rings. The van der Waals surface area contributed by atoms with Crippen molar-refractivity contribution in [2.75, 3.05) is 0 Å². The highest BCUT2D eigenvalue weighted by Gasteiger charge is 2.06. The average Bonchev–Trinajstić information content (AvgIpc) is 1.77. The van der Waals surface area contributed by atoms with E-state index >= 15 is 0 Å². The Kier molecular flexibility index (Phi) is 1.72. The van der Waals surface area contributed by atoms with E-state index in [2.05, 4.69) is 26.3 Å². The second-order valence-electron chi connectivity index (χ2n) is 2.62. The monoisotopic (exact) mass is 109 g/mol. The minimum Gasteiger partial charge on any atom is -0.0816 e. The molecule has 0 aromatic rings. The van der Waals surface area contributed by atoms with Crippen LogP contribution in [0.2, 0.25) is 0 Å². The van der Waals surface area contributed by atoms with E-state index < -0.39 is 0 Å². The van der Waals surface area contributed by atoms with Crippen LogP contribution in [0, 0.1) is 12.3 Å². The predicted octanol–water partition coefficient (Wildman–Crippen LogP) is 2.57. The van der Waals surface area contributed by atoms with Gasteiger partial charge in [-0.25, -0.2) is 0 Å². The fourth-order valence-corrected chi connectivity index (χ4v) is 1.01. The minimum atomic E-state index is 0.833. The second kappa shape index (κ2) is 2.34. The van der Waals surface area contributed by atoms with Crippen LogP contribution >= 0.6 is 0 Å². The van der Waals surface area contributed by atoms with Gasteiger partial charge < -0.3 is 0 Å². The van der Waals surface area contributed by atoms with Crippen molar-refractivity contribution in [1.82, 2.24) is 0 Å². The van der Waals surface area contributed by atoms with Crippen LogP contribution in [0.5, 0.6) is 0 Å². The van der Waals surface area contributed by atoms with Crippen molar-refractivity contribution >= 4 is 0 Å². The molecule has 0 saturated heterocycles. The minimum absolute atomic E-state index is 0.833. The molecule has 0 bridgehead atoms. The zero-order valence-electron chi connectivity index (χ0n) is 5.65. The fourth-order valence-electron chi connectivity index (χ4n) is 1.01. The Morgan fingerprint density at radius 1 is 1.62 bits per heavy atom. The summed E-state index contributed by atoms with van der Waals surface area (Å²) in [7, 11) is 0. The predicted molar refractivity (Wildman–Crippen MR) is 36.5 cm³/mol. The lowest BCUT2D eigenvalue weighted by atomic mass is 9.91. The van der Waals surface area contributed by atoms with E-state index in [1.165, 1.54) is 18.4 Å². The maximum Gasteiger partial charge on any atom is -0.0168 e. The molecule has 1 aliphatic carbocycles. The van der Waals surface area contributed by atoms with E-state index in [0.29, 0.717) is 0 Å². The normalized spacial score (nSPS) is 29.8. The third-order valence-electron chi connectivity index (χ3n) is 1.92. The maximum absolute atomic E-state index is 2.29. The SMILES string of the molecule is CC1=C[CH]CCC1C. The molecule has 0 saturated carbocycles. The summed E-state index contributed by atoms with van der Waals surface area (Å²) in [6.07, 6.45) is 7.13. The van der Waals surface area contributed by atoms with E-state index in [9.17, 15) is 0 Å². The van der Waals surface area contributed by atoms with E-state index in [-0.39, 0.29) is 0 Å². The number of rotatable bonds is 0. The summed E-state index contributed by atoms with van der Waals surface area (Å²) in [6.45, 7) is 4.50. The second-order valence-corrected chi connectivity index (χ2v) is 2.62. The zero-order valence-corrected chi connectivity index (χ0v) is 5.65. The summed E-state index contributed by atoms with van der Waals surface area (Å²) < 4.78 is 0. The topological polar surface area (TPSA) is 0 Å². The summed E-state index contributed by atoms with van der Waals surface area (Å²) in [5, 5.41) is 0. The Morgan fingerprint density at radius 2 is 2.38 bits per heavy atom. The molecule has 1 atom stereocenters. The summed E-state index contributed by atoms with van der Waals surface area (Å²) >= 11 is 0. The number of allylic oxidation sites excluding steroid dienone is 2. The molecule has 0 nitrogen and oxygen atoms in total. The van der Waals surface area contributed by atoms with Crippen molar-refractivity contribution in [3.8, 4) is 0 Å². The van der Waals surface area contributed by atoms with Gasteiger partial charge in [-0.05, 0) is 32.1 Å². The highest BCUT2D eigenvalue weighted by atomic mass is 14.1. The molecule has 0 amide bonds. The molecule has 0 aromatic carbocycles. The number of hydrogen-bond donors (Lipinski definition) is 0. The molecular formula is C8H13. The Hall–Kier alpha value is -0.260. The van der Waals surface area contributed by atoms with Crippen molar-refractivity contribution in [3.63, 3.8) is 0 Å². The van der Waals surface area contributed by atoms with Gasteiger partial charge in [-0.3, -0.25) is 0 Å².